The SMILES string of the molecule is CC(=O)[C@@]1(O)CC[C@H]2[C@@H]3C=CC4=CC(O)=CC[C@]4(C)[C@H]3CC[C@@]21C. The van der Waals surface area contributed by atoms with Crippen LogP contribution in [0.1, 0.15) is 52.9 Å². The maximum absolute atomic E-state index is 12.2. The largest absolute Gasteiger partial charge is 0.508 e. The molecule has 0 aliphatic heterocycles. The molecule has 4 aliphatic rings. The second kappa shape index (κ2) is 4.85. The summed E-state index contributed by atoms with van der Waals surface area (Å²) >= 11 is 0. The quantitative estimate of drug-likeness (QED) is 0.762. The molecule has 130 valence electrons. The third-order valence-corrected chi connectivity index (χ3v) is 8.08. The van der Waals surface area contributed by atoms with Gasteiger partial charge < -0.3 is 10.2 Å². The van der Waals surface area contributed by atoms with Crippen molar-refractivity contribution in [2.45, 2.75) is 58.5 Å². The molecule has 2 saturated carbocycles. The van der Waals surface area contributed by atoms with Gasteiger partial charge in [-0.3, -0.25) is 4.79 Å². The molecule has 4 rings (SSSR count). The number of aliphatic hydroxyl groups excluding tert-OH is 1. The second-order valence-electron chi connectivity index (χ2n) is 8.91. The average Bonchev–Trinajstić information content (AvgIpc) is 2.81. The molecule has 0 aromatic rings. The van der Waals surface area contributed by atoms with Gasteiger partial charge >= 0.3 is 0 Å². The summed E-state index contributed by atoms with van der Waals surface area (Å²) in [5.41, 5.74) is -0.177. The van der Waals surface area contributed by atoms with Crippen LogP contribution in [0.5, 0.6) is 0 Å². The minimum Gasteiger partial charge on any atom is -0.508 e. The first-order chi connectivity index (χ1) is 11.2. The van der Waals surface area contributed by atoms with Crippen LogP contribution in [0, 0.1) is 28.6 Å². The molecule has 0 aromatic carbocycles. The minimum atomic E-state index is -1.15. The third kappa shape index (κ3) is 1.79. The van der Waals surface area contributed by atoms with E-state index in [1.807, 2.05) is 12.2 Å². The fourth-order valence-corrected chi connectivity index (χ4v) is 6.44. The van der Waals surface area contributed by atoms with Crippen molar-refractivity contribution in [3.63, 3.8) is 0 Å². The van der Waals surface area contributed by atoms with E-state index in [-0.39, 0.29) is 16.6 Å². The summed E-state index contributed by atoms with van der Waals surface area (Å²) in [6, 6.07) is 0. The predicted octanol–water partition coefficient (Wildman–Crippen LogP) is 4.10. The van der Waals surface area contributed by atoms with Crippen LogP contribution < -0.4 is 0 Å². The first-order valence-corrected chi connectivity index (χ1v) is 9.25. The molecule has 24 heavy (non-hydrogen) atoms. The van der Waals surface area contributed by atoms with Crippen LogP contribution in [-0.4, -0.2) is 21.6 Å². The number of Topliss-reactive ketones (excluding diaryl/α,β-unsaturated/α-hetero) is 1. The zero-order valence-corrected chi connectivity index (χ0v) is 14.9. The molecule has 0 bridgehead atoms. The number of carbonyl (C=O) groups is 1. The lowest BCUT2D eigenvalue weighted by Gasteiger charge is -2.56. The minimum absolute atomic E-state index is 0.0594. The van der Waals surface area contributed by atoms with Crippen molar-refractivity contribution < 1.29 is 15.0 Å². The summed E-state index contributed by atoms with van der Waals surface area (Å²) in [6.07, 6.45) is 12.7. The van der Waals surface area contributed by atoms with Gasteiger partial charge in [-0.05, 0) is 79.9 Å². The summed E-state index contributed by atoms with van der Waals surface area (Å²) in [6.45, 7) is 6.00. The highest BCUT2D eigenvalue weighted by molar-refractivity contribution is 5.86. The van der Waals surface area contributed by atoms with Gasteiger partial charge in [0.15, 0.2) is 5.78 Å². The van der Waals surface area contributed by atoms with Crippen LogP contribution in [0.2, 0.25) is 0 Å². The van der Waals surface area contributed by atoms with Crippen LogP contribution in [0.25, 0.3) is 0 Å². The van der Waals surface area contributed by atoms with Crippen LogP contribution in [-0.2, 0) is 4.79 Å². The number of hydrogen-bond donors (Lipinski definition) is 2. The molecule has 0 unspecified atom stereocenters. The van der Waals surface area contributed by atoms with E-state index in [1.54, 1.807) is 6.92 Å². The zero-order chi connectivity index (χ0) is 17.3. The molecular formula is C21H28O3. The Hall–Kier alpha value is -1.35. The molecular weight excluding hydrogens is 300 g/mol. The van der Waals surface area contributed by atoms with Gasteiger partial charge in [-0.2, -0.15) is 0 Å². The van der Waals surface area contributed by atoms with E-state index in [4.69, 9.17) is 0 Å². The van der Waals surface area contributed by atoms with Crippen LogP contribution in [0.4, 0.5) is 0 Å². The van der Waals surface area contributed by atoms with E-state index in [0.29, 0.717) is 29.9 Å². The van der Waals surface area contributed by atoms with E-state index >= 15 is 0 Å². The topological polar surface area (TPSA) is 57.5 Å². The fourth-order valence-electron chi connectivity index (χ4n) is 6.44. The second-order valence-corrected chi connectivity index (χ2v) is 8.91. The predicted molar refractivity (Wildman–Crippen MR) is 93.3 cm³/mol. The first-order valence-electron chi connectivity index (χ1n) is 9.25. The van der Waals surface area contributed by atoms with Gasteiger partial charge in [0.25, 0.3) is 0 Å². The van der Waals surface area contributed by atoms with Crippen molar-refractivity contribution in [1.29, 1.82) is 0 Å². The monoisotopic (exact) mass is 328 g/mol. The standard InChI is InChI=1S/C21H28O3/c1-13(22)21(24)11-8-18-16-5-4-14-12-15(23)6-9-19(14,2)17(16)7-10-20(18,21)3/h4-6,12,16-18,23-24H,7-11H2,1-3H3/t16-,17+,18+,19+,20+,21+/m1/s1. The van der Waals surface area contributed by atoms with E-state index in [1.165, 1.54) is 5.57 Å². The maximum atomic E-state index is 12.2. The van der Waals surface area contributed by atoms with Gasteiger partial charge in [0.1, 0.15) is 11.4 Å². The molecule has 4 aliphatic carbocycles. The first kappa shape index (κ1) is 16.1. The number of rotatable bonds is 1. The average molecular weight is 328 g/mol. The van der Waals surface area contributed by atoms with E-state index in [2.05, 4.69) is 26.0 Å². The Morgan fingerprint density at radius 3 is 2.62 bits per heavy atom. The highest BCUT2D eigenvalue weighted by Crippen LogP contribution is 2.66. The van der Waals surface area contributed by atoms with Crippen LogP contribution in [0.15, 0.2) is 35.6 Å². The lowest BCUT2D eigenvalue weighted by atomic mass is 9.48. The van der Waals surface area contributed by atoms with Gasteiger partial charge in [0.2, 0.25) is 0 Å². The van der Waals surface area contributed by atoms with E-state index in [9.17, 15) is 15.0 Å². The molecule has 0 saturated heterocycles. The highest BCUT2D eigenvalue weighted by atomic mass is 16.3. The van der Waals surface area contributed by atoms with Crippen molar-refractivity contribution in [3.05, 3.63) is 35.6 Å². The maximum Gasteiger partial charge on any atom is 0.161 e. The summed E-state index contributed by atoms with van der Waals surface area (Å²) in [7, 11) is 0. The molecule has 2 N–H and O–H groups in total. The Morgan fingerprint density at radius 1 is 1.21 bits per heavy atom. The lowest BCUT2D eigenvalue weighted by molar-refractivity contribution is -0.156. The summed E-state index contributed by atoms with van der Waals surface area (Å²) in [5, 5.41) is 21.0. The van der Waals surface area contributed by atoms with E-state index in [0.717, 1.165) is 25.7 Å². The number of fused-ring (bicyclic) bond motifs is 5. The molecule has 0 amide bonds. The smallest absolute Gasteiger partial charge is 0.161 e. The molecule has 3 heteroatoms. The number of allylic oxidation sites excluding steroid dienone is 5. The van der Waals surface area contributed by atoms with E-state index < -0.39 is 5.60 Å². The highest BCUT2D eigenvalue weighted by Gasteiger charge is 2.64. The van der Waals surface area contributed by atoms with Gasteiger partial charge in [-0.15, -0.1) is 0 Å². The fraction of sp³-hybridized carbons (Fsp3) is 0.667. The summed E-state index contributed by atoms with van der Waals surface area (Å²) < 4.78 is 0. The molecule has 6 atom stereocenters. The van der Waals surface area contributed by atoms with Crippen LogP contribution >= 0.6 is 0 Å². The molecule has 0 radical (unpaired) electrons. The normalized spacial score (nSPS) is 49.6. The lowest BCUT2D eigenvalue weighted by Crippen LogP contribution is -2.56. The number of ketones is 1. The van der Waals surface area contributed by atoms with Crippen molar-refractivity contribution in [3.8, 4) is 0 Å². The summed E-state index contributed by atoms with van der Waals surface area (Å²) in [4.78, 5) is 12.2. The van der Waals surface area contributed by atoms with Crippen molar-refractivity contribution in [2.24, 2.45) is 28.6 Å². The Bertz CT molecular complexity index is 687. The molecule has 2 fully saturated rings. The van der Waals surface area contributed by atoms with Gasteiger partial charge in [0, 0.05) is 5.41 Å². The van der Waals surface area contributed by atoms with Crippen molar-refractivity contribution in [2.75, 3.05) is 0 Å². The Balaban J connectivity index is 1.74. The number of carbonyl (C=O) groups excluding carboxylic acids is 1. The number of hydrogen-bond acceptors (Lipinski definition) is 3. The molecule has 0 aromatic heterocycles. The van der Waals surface area contributed by atoms with Crippen LogP contribution in [0.3, 0.4) is 0 Å². The Morgan fingerprint density at radius 2 is 1.92 bits per heavy atom. The summed E-state index contributed by atoms with van der Waals surface area (Å²) in [5.74, 6) is 1.60. The third-order valence-electron chi connectivity index (χ3n) is 8.08. The molecule has 0 spiro atoms. The zero-order valence-electron chi connectivity index (χ0n) is 14.9. The van der Waals surface area contributed by atoms with Gasteiger partial charge in [0.05, 0.1) is 0 Å². The van der Waals surface area contributed by atoms with Crippen molar-refractivity contribution in [1.82, 2.24) is 0 Å². The number of aliphatic hydroxyl groups is 2. The van der Waals surface area contributed by atoms with Gasteiger partial charge in [-0.25, -0.2) is 0 Å². The molecule has 3 nitrogen and oxygen atoms in total. The van der Waals surface area contributed by atoms with Crippen molar-refractivity contribution >= 4 is 5.78 Å². The Labute approximate surface area is 144 Å². The van der Waals surface area contributed by atoms with Gasteiger partial charge in [-0.1, -0.05) is 26.0 Å². The molecule has 0 heterocycles. The Kier molecular flexibility index (Phi) is 3.26.